The third kappa shape index (κ3) is 3.02. The van der Waals surface area contributed by atoms with Gasteiger partial charge in [-0.2, -0.15) is 10.1 Å². The maximum atomic E-state index is 12.2. The minimum atomic E-state index is -0.0826. The SMILES string of the molecule is CCc1noc(-c2ccc(-n3ncc(C(=O)NC4CC4)c3C)nc2)n1. The van der Waals surface area contributed by atoms with Crippen LogP contribution in [0.1, 0.15) is 41.6 Å². The molecule has 0 unspecified atom stereocenters. The van der Waals surface area contributed by atoms with Crippen molar-refractivity contribution in [1.29, 1.82) is 0 Å². The van der Waals surface area contributed by atoms with Gasteiger partial charge in [-0.25, -0.2) is 9.67 Å². The molecule has 1 fully saturated rings. The van der Waals surface area contributed by atoms with Gasteiger partial charge in [0.25, 0.3) is 11.8 Å². The Hall–Kier alpha value is -3.03. The van der Waals surface area contributed by atoms with E-state index in [1.54, 1.807) is 17.1 Å². The number of hydrogen-bond donors (Lipinski definition) is 1. The molecular weight excluding hydrogens is 320 g/mol. The van der Waals surface area contributed by atoms with Gasteiger partial charge in [0, 0.05) is 18.7 Å². The fraction of sp³-hybridized carbons (Fsp3) is 0.353. The summed E-state index contributed by atoms with van der Waals surface area (Å²) in [4.78, 5) is 20.9. The quantitative estimate of drug-likeness (QED) is 0.765. The summed E-state index contributed by atoms with van der Waals surface area (Å²) in [6.45, 7) is 3.82. The Bertz CT molecular complexity index is 908. The largest absolute Gasteiger partial charge is 0.349 e. The molecule has 1 aliphatic carbocycles. The fourth-order valence-electron chi connectivity index (χ4n) is 2.51. The minimum Gasteiger partial charge on any atom is -0.349 e. The molecule has 0 bridgehead atoms. The van der Waals surface area contributed by atoms with Crippen molar-refractivity contribution in [3.8, 4) is 17.3 Å². The molecule has 0 spiro atoms. The van der Waals surface area contributed by atoms with Crippen LogP contribution in [0.25, 0.3) is 17.3 Å². The topological polar surface area (TPSA) is 98.7 Å². The molecule has 0 atom stereocenters. The summed E-state index contributed by atoms with van der Waals surface area (Å²) in [5.41, 5.74) is 2.07. The normalized spacial score (nSPS) is 13.8. The Morgan fingerprint density at radius 2 is 2.20 bits per heavy atom. The van der Waals surface area contributed by atoms with Crippen molar-refractivity contribution in [3.63, 3.8) is 0 Å². The number of aryl methyl sites for hydroxylation is 1. The summed E-state index contributed by atoms with van der Waals surface area (Å²) in [5, 5.41) is 11.2. The van der Waals surface area contributed by atoms with Crippen LogP contribution in [0.2, 0.25) is 0 Å². The second-order valence-electron chi connectivity index (χ2n) is 6.08. The van der Waals surface area contributed by atoms with Crippen LogP contribution in [-0.4, -0.2) is 36.9 Å². The number of rotatable bonds is 5. The Kier molecular flexibility index (Phi) is 3.79. The number of aromatic nitrogens is 5. The Balaban J connectivity index is 1.57. The minimum absolute atomic E-state index is 0.0826. The van der Waals surface area contributed by atoms with Crippen LogP contribution in [0, 0.1) is 6.92 Å². The van der Waals surface area contributed by atoms with Gasteiger partial charge >= 0.3 is 0 Å². The highest BCUT2D eigenvalue weighted by Crippen LogP contribution is 2.21. The molecule has 1 saturated carbocycles. The van der Waals surface area contributed by atoms with Crippen LogP contribution >= 0.6 is 0 Å². The summed E-state index contributed by atoms with van der Waals surface area (Å²) in [6.07, 6.45) is 6.06. The van der Waals surface area contributed by atoms with Crippen LogP contribution in [0.15, 0.2) is 29.0 Å². The fourth-order valence-corrected chi connectivity index (χ4v) is 2.51. The lowest BCUT2D eigenvalue weighted by atomic mass is 10.2. The number of pyridine rings is 1. The highest BCUT2D eigenvalue weighted by molar-refractivity contribution is 5.95. The van der Waals surface area contributed by atoms with Gasteiger partial charge in [-0.1, -0.05) is 12.1 Å². The van der Waals surface area contributed by atoms with Gasteiger partial charge in [0.2, 0.25) is 0 Å². The van der Waals surface area contributed by atoms with Crippen molar-refractivity contribution >= 4 is 5.91 Å². The molecule has 128 valence electrons. The van der Waals surface area contributed by atoms with E-state index in [0.717, 1.165) is 24.1 Å². The second kappa shape index (κ2) is 6.12. The molecule has 4 rings (SSSR count). The van der Waals surface area contributed by atoms with Gasteiger partial charge in [0.15, 0.2) is 11.6 Å². The molecule has 0 aromatic carbocycles. The van der Waals surface area contributed by atoms with Crippen LogP contribution < -0.4 is 5.32 Å². The average Bonchev–Trinajstić information content (AvgIpc) is 3.17. The summed E-state index contributed by atoms with van der Waals surface area (Å²) in [5.74, 6) is 1.65. The second-order valence-corrected chi connectivity index (χ2v) is 6.08. The Morgan fingerprint density at radius 3 is 2.84 bits per heavy atom. The van der Waals surface area contributed by atoms with Gasteiger partial charge in [-0.15, -0.1) is 0 Å². The number of amides is 1. The predicted molar refractivity (Wildman–Crippen MR) is 89.3 cm³/mol. The van der Waals surface area contributed by atoms with Gasteiger partial charge in [-0.3, -0.25) is 4.79 Å². The zero-order valence-electron chi connectivity index (χ0n) is 14.1. The number of nitrogens with zero attached hydrogens (tertiary/aromatic N) is 5. The summed E-state index contributed by atoms with van der Waals surface area (Å²) in [6, 6.07) is 3.98. The van der Waals surface area contributed by atoms with E-state index in [1.165, 1.54) is 0 Å². The predicted octanol–water partition coefficient (Wildman–Crippen LogP) is 2.08. The molecular formula is C17H18N6O2. The van der Waals surface area contributed by atoms with E-state index in [2.05, 4.69) is 25.5 Å². The monoisotopic (exact) mass is 338 g/mol. The van der Waals surface area contributed by atoms with Gasteiger partial charge in [0.05, 0.1) is 23.0 Å². The highest BCUT2D eigenvalue weighted by Gasteiger charge is 2.25. The molecule has 0 saturated heterocycles. The Labute approximate surface area is 144 Å². The molecule has 3 aromatic rings. The van der Waals surface area contributed by atoms with Crippen molar-refractivity contribution in [3.05, 3.63) is 41.6 Å². The first-order chi connectivity index (χ1) is 12.2. The summed E-state index contributed by atoms with van der Waals surface area (Å²) < 4.78 is 6.86. The third-order valence-corrected chi connectivity index (χ3v) is 4.16. The molecule has 8 heteroatoms. The third-order valence-electron chi connectivity index (χ3n) is 4.16. The van der Waals surface area contributed by atoms with E-state index in [0.29, 0.717) is 35.6 Å². The summed E-state index contributed by atoms with van der Waals surface area (Å²) >= 11 is 0. The number of hydrogen-bond acceptors (Lipinski definition) is 6. The van der Waals surface area contributed by atoms with Crippen LogP contribution in [0.3, 0.4) is 0 Å². The van der Waals surface area contributed by atoms with Crippen molar-refractivity contribution < 1.29 is 9.32 Å². The van der Waals surface area contributed by atoms with Crippen LogP contribution in [0.5, 0.6) is 0 Å². The molecule has 3 heterocycles. The number of nitrogens with one attached hydrogen (secondary N) is 1. The van der Waals surface area contributed by atoms with E-state index in [9.17, 15) is 4.79 Å². The van der Waals surface area contributed by atoms with E-state index >= 15 is 0 Å². The standard InChI is InChI=1S/C17H18N6O2/c1-3-14-21-17(25-22-14)11-4-7-15(18-8-11)23-10(2)13(9-19-23)16(24)20-12-5-6-12/h4,7-9,12H,3,5-6H2,1-2H3,(H,20,24). The molecule has 25 heavy (non-hydrogen) atoms. The lowest BCUT2D eigenvalue weighted by Crippen LogP contribution is -2.25. The maximum absolute atomic E-state index is 12.2. The van der Waals surface area contributed by atoms with E-state index in [4.69, 9.17) is 4.52 Å². The average molecular weight is 338 g/mol. The van der Waals surface area contributed by atoms with Crippen molar-refractivity contribution in [2.45, 2.75) is 39.2 Å². The van der Waals surface area contributed by atoms with Crippen molar-refractivity contribution in [1.82, 2.24) is 30.2 Å². The van der Waals surface area contributed by atoms with E-state index < -0.39 is 0 Å². The van der Waals surface area contributed by atoms with Crippen molar-refractivity contribution in [2.24, 2.45) is 0 Å². The summed E-state index contributed by atoms with van der Waals surface area (Å²) in [7, 11) is 0. The highest BCUT2D eigenvalue weighted by atomic mass is 16.5. The molecule has 0 aliphatic heterocycles. The van der Waals surface area contributed by atoms with Crippen LogP contribution in [0.4, 0.5) is 0 Å². The molecule has 1 N–H and O–H groups in total. The first-order valence-corrected chi connectivity index (χ1v) is 8.30. The lowest BCUT2D eigenvalue weighted by Gasteiger charge is -2.05. The Morgan fingerprint density at radius 1 is 1.36 bits per heavy atom. The lowest BCUT2D eigenvalue weighted by molar-refractivity contribution is 0.0950. The maximum Gasteiger partial charge on any atom is 0.259 e. The zero-order valence-corrected chi connectivity index (χ0v) is 14.1. The van der Waals surface area contributed by atoms with Gasteiger partial charge in [0.1, 0.15) is 0 Å². The van der Waals surface area contributed by atoms with E-state index in [1.807, 2.05) is 26.0 Å². The number of carbonyl (C=O) groups is 1. The number of carbonyl (C=O) groups excluding carboxylic acids is 1. The van der Waals surface area contributed by atoms with Crippen LogP contribution in [-0.2, 0) is 6.42 Å². The smallest absolute Gasteiger partial charge is 0.259 e. The zero-order chi connectivity index (χ0) is 17.4. The molecule has 0 radical (unpaired) electrons. The van der Waals surface area contributed by atoms with Gasteiger partial charge < -0.3 is 9.84 Å². The molecule has 1 aliphatic rings. The first-order valence-electron chi connectivity index (χ1n) is 8.30. The van der Waals surface area contributed by atoms with Gasteiger partial charge in [-0.05, 0) is 31.9 Å². The molecule has 8 nitrogen and oxygen atoms in total. The van der Waals surface area contributed by atoms with E-state index in [-0.39, 0.29) is 5.91 Å². The first kappa shape index (κ1) is 15.5. The van der Waals surface area contributed by atoms with Crippen molar-refractivity contribution in [2.75, 3.05) is 0 Å². The molecule has 3 aromatic heterocycles. The molecule has 1 amide bonds.